The fourth-order valence-electron chi connectivity index (χ4n) is 2.11. The molecule has 17 heavy (non-hydrogen) atoms. The van der Waals surface area contributed by atoms with Gasteiger partial charge in [0.1, 0.15) is 0 Å². The highest BCUT2D eigenvalue weighted by Crippen LogP contribution is 2.22. The van der Waals surface area contributed by atoms with Crippen LogP contribution in [0.4, 0.5) is 0 Å². The minimum absolute atomic E-state index is 0.612. The van der Waals surface area contributed by atoms with E-state index in [1.807, 2.05) is 18.2 Å². The van der Waals surface area contributed by atoms with Crippen LogP contribution in [0, 0.1) is 0 Å². The van der Waals surface area contributed by atoms with Crippen LogP contribution in [0.25, 0.3) is 0 Å². The van der Waals surface area contributed by atoms with Crippen molar-refractivity contribution in [2.45, 2.75) is 25.9 Å². The van der Waals surface area contributed by atoms with Gasteiger partial charge in [-0.05, 0) is 31.0 Å². The normalized spacial score (nSPS) is 22.4. The number of nitrogens with zero attached hydrogens (tertiary/aromatic N) is 1. The summed E-state index contributed by atoms with van der Waals surface area (Å²) < 4.78 is 0. The van der Waals surface area contributed by atoms with E-state index >= 15 is 0 Å². The average Bonchev–Trinajstić information content (AvgIpc) is 2.48. The van der Waals surface area contributed by atoms with Crippen molar-refractivity contribution >= 4 is 23.2 Å². The first-order valence-corrected chi connectivity index (χ1v) is 6.80. The summed E-state index contributed by atoms with van der Waals surface area (Å²) in [6, 6.07) is 6.35. The van der Waals surface area contributed by atoms with Gasteiger partial charge in [0, 0.05) is 42.3 Å². The van der Waals surface area contributed by atoms with E-state index in [1.165, 1.54) is 6.42 Å². The van der Waals surface area contributed by atoms with E-state index in [4.69, 9.17) is 23.2 Å². The van der Waals surface area contributed by atoms with E-state index in [-0.39, 0.29) is 0 Å². The number of rotatable bonds is 2. The Morgan fingerprint density at radius 3 is 2.94 bits per heavy atom. The van der Waals surface area contributed by atoms with Gasteiger partial charge >= 0.3 is 0 Å². The SMILES string of the molecule is CC1CCN(Cc2ccc(Cl)cc2Cl)CCN1. The molecule has 1 aliphatic heterocycles. The quantitative estimate of drug-likeness (QED) is 0.890. The van der Waals surface area contributed by atoms with Crippen LogP contribution in [0.5, 0.6) is 0 Å². The van der Waals surface area contributed by atoms with Crippen LogP contribution in [0.2, 0.25) is 10.0 Å². The van der Waals surface area contributed by atoms with Gasteiger partial charge in [-0.1, -0.05) is 29.3 Å². The summed E-state index contributed by atoms with van der Waals surface area (Å²) in [6.07, 6.45) is 1.19. The first kappa shape index (κ1) is 13.2. The van der Waals surface area contributed by atoms with Gasteiger partial charge in [-0.15, -0.1) is 0 Å². The van der Waals surface area contributed by atoms with Crippen molar-refractivity contribution in [3.8, 4) is 0 Å². The minimum atomic E-state index is 0.612. The summed E-state index contributed by atoms with van der Waals surface area (Å²) in [7, 11) is 0. The molecule has 2 rings (SSSR count). The summed E-state index contributed by atoms with van der Waals surface area (Å²) in [5.41, 5.74) is 1.16. The molecule has 94 valence electrons. The molecule has 0 bridgehead atoms. The average molecular weight is 273 g/mol. The Morgan fingerprint density at radius 2 is 2.18 bits per heavy atom. The van der Waals surface area contributed by atoms with Gasteiger partial charge < -0.3 is 5.32 Å². The van der Waals surface area contributed by atoms with Crippen molar-refractivity contribution in [1.29, 1.82) is 0 Å². The molecule has 1 unspecified atom stereocenters. The third-order valence-corrected chi connectivity index (χ3v) is 3.80. The molecule has 0 aromatic heterocycles. The zero-order chi connectivity index (χ0) is 12.3. The van der Waals surface area contributed by atoms with Gasteiger partial charge in [0.05, 0.1) is 0 Å². The monoisotopic (exact) mass is 272 g/mol. The fourth-order valence-corrected chi connectivity index (χ4v) is 2.58. The summed E-state index contributed by atoms with van der Waals surface area (Å²) in [4.78, 5) is 2.44. The molecular formula is C13H18Cl2N2. The van der Waals surface area contributed by atoms with Crippen LogP contribution < -0.4 is 5.32 Å². The maximum Gasteiger partial charge on any atom is 0.0465 e. The maximum absolute atomic E-state index is 6.19. The number of halogens is 2. The van der Waals surface area contributed by atoms with Crippen LogP contribution >= 0.6 is 23.2 Å². The van der Waals surface area contributed by atoms with Gasteiger partial charge in [0.15, 0.2) is 0 Å². The lowest BCUT2D eigenvalue weighted by atomic mass is 10.2. The molecule has 1 heterocycles. The molecule has 1 fully saturated rings. The van der Waals surface area contributed by atoms with Crippen LogP contribution in [0.15, 0.2) is 18.2 Å². The molecule has 0 aliphatic carbocycles. The summed E-state index contributed by atoms with van der Waals surface area (Å²) in [6.45, 7) is 6.38. The second-order valence-electron chi connectivity index (χ2n) is 4.66. The van der Waals surface area contributed by atoms with Gasteiger partial charge in [-0.2, -0.15) is 0 Å². The Kier molecular flexibility index (Phi) is 4.69. The number of hydrogen-bond donors (Lipinski definition) is 1. The Bertz CT molecular complexity index is 382. The van der Waals surface area contributed by atoms with Gasteiger partial charge in [-0.3, -0.25) is 4.90 Å². The zero-order valence-electron chi connectivity index (χ0n) is 10.0. The lowest BCUT2D eigenvalue weighted by Gasteiger charge is -2.20. The molecule has 1 saturated heterocycles. The predicted molar refractivity (Wildman–Crippen MR) is 73.8 cm³/mol. The van der Waals surface area contributed by atoms with Gasteiger partial charge in [0.25, 0.3) is 0 Å². The molecule has 1 N–H and O–H groups in total. The van der Waals surface area contributed by atoms with Crippen molar-refractivity contribution in [3.05, 3.63) is 33.8 Å². The van der Waals surface area contributed by atoms with Crippen LogP contribution in [-0.4, -0.2) is 30.6 Å². The Morgan fingerprint density at radius 1 is 1.35 bits per heavy atom. The Labute approximate surface area is 113 Å². The zero-order valence-corrected chi connectivity index (χ0v) is 11.6. The lowest BCUT2D eigenvalue weighted by molar-refractivity contribution is 0.282. The van der Waals surface area contributed by atoms with E-state index in [0.29, 0.717) is 11.1 Å². The lowest BCUT2D eigenvalue weighted by Crippen LogP contribution is -2.28. The topological polar surface area (TPSA) is 15.3 Å². The van der Waals surface area contributed by atoms with E-state index in [1.54, 1.807) is 0 Å². The van der Waals surface area contributed by atoms with Crippen molar-refractivity contribution in [2.75, 3.05) is 19.6 Å². The molecule has 2 nitrogen and oxygen atoms in total. The first-order valence-electron chi connectivity index (χ1n) is 6.05. The molecule has 4 heteroatoms. The minimum Gasteiger partial charge on any atom is -0.313 e. The van der Waals surface area contributed by atoms with Crippen molar-refractivity contribution < 1.29 is 0 Å². The molecule has 0 spiro atoms. The standard InChI is InChI=1S/C13H18Cl2N2/c1-10-4-6-17(7-5-16-10)9-11-2-3-12(14)8-13(11)15/h2-3,8,10,16H,4-7,9H2,1H3. The highest BCUT2D eigenvalue weighted by Gasteiger charge is 2.14. The molecule has 0 amide bonds. The Hall–Kier alpha value is -0.280. The van der Waals surface area contributed by atoms with E-state index < -0.39 is 0 Å². The molecular weight excluding hydrogens is 255 g/mol. The molecule has 0 radical (unpaired) electrons. The summed E-state index contributed by atoms with van der Waals surface area (Å²) in [5, 5.41) is 4.95. The van der Waals surface area contributed by atoms with E-state index in [2.05, 4.69) is 17.1 Å². The summed E-state index contributed by atoms with van der Waals surface area (Å²) in [5.74, 6) is 0. The molecule has 1 atom stereocenters. The van der Waals surface area contributed by atoms with Crippen molar-refractivity contribution in [1.82, 2.24) is 10.2 Å². The summed E-state index contributed by atoms with van der Waals surface area (Å²) >= 11 is 12.1. The number of benzene rings is 1. The van der Waals surface area contributed by atoms with Crippen molar-refractivity contribution in [3.63, 3.8) is 0 Å². The molecule has 1 aliphatic rings. The second-order valence-corrected chi connectivity index (χ2v) is 5.50. The second kappa shape index (κ2) is 6.05. The number of nitrogens with one attached hydrogen (secondary N) is 1. The van der Waals surface area contributed by atoms with Crippen LogP contribution in [0.3, 0.4) is 0 Å². The third kappa shape index (κ3) is 3.85. The molecule has 1 aromatic carbocycles. The Balaban J connectivity index is 2.00. The highest BCUT2D eigenvalue weighted by atomic mass is 35.5. The van der Waals surface area contributed by atoms with E-state index in [9.17, 15) is 0 Å². The van der Waals surface area contributed by atoms with Crippen LogP contribution in [-0.2, 0) is 6.54 Å². The third-order valence-electron chi connectivity index (χ3n) is 3.21. The highest BCUT2D eigenvalue weighted by molar-refractivity contribution is 6.35. The first-order chi connectivity index (χ1) is 8.15. The largest absolute Gasteiger partial charge is 0.313 e. The van der Waals surface area contributed by atoms with Gasteiger partial charge in [0.2, 0.25) is 0 Å². The smallest absolute Gasteiger partial charge is 0.0465 e. The van der Waals surface area contributed by atoms with E-state index in [0.717, 1.165) is 36.8 Å². The van der Waals surface area contributed by atoms with Crippen molar-refractivity contribution in [2.24, 2.45) is 0 Å². The predicted octanol–water partition coefficient (Wildman–Crippen LogP) is 3.18. The van der Waals surface area contributed by atoms with Crippen LogP contribution in [0.1, 0.15) is 18.9 Å². The fraction of sp³-hybridized carbons (Fsp3) is 0.538. The van der Waals surface area contributed by atoms with Gasteiger partial charge in [-0.25, -0.2) is 0 Å². The molecule has 0 saturated carbocycles. The number of hydrogen-bond acceptors (Lipinski definition) is 2. The maximum atomic E-state index is 6.19. The molecule has 1 aromatic rings.